The number of rotatable bonds is 5. The van der Waals surface area contributed by atoms with Crippen molar-refractivity contribution in [2.45, 2.75) is 39.6 Å². The maximum absolute atomic E-state index is 9.15. The molecule has 0 heterocycles. The Morgan fingerprint density at radius 3 is 2.27 bits per heavy atom. The molecule has 0 rings (SSSR count). The second-order valence-electron chi connectivity index (χ2n) is 3.02. The van der Waals surface area contributed by atoms with Crippen LogP contribution in [0.15, 0.2) is 0 Å². The molecule has 11 heavy (non-hydrogen) atoms. The van der Waals surface area contributed by atoms with Crippen molar-refractivity contribution in [1.82, 2.24) is 0 Å². The SMILES string of the molecule is CCCCOC(O)(O)C(C)C. The van der Waals surface area contributed by atoms with Crippen LogP contribution < -0.4 is 0 Å². The predicted molar refractivity (Wildman–Crippen MR) is 42.9 cm³/mol. The first-order valence-electron chi connectivity index (χ1n) is 4.09. The standard InChI is InChI=1S/C8H18O3/c1-4-5-6-11-8(9,10)7(2)3/h7,9-10H,4-6H2,1-3H3. The first-order valence-corrected chi connectivity index (χ1v) is 4.09. The van der Waals surface area contributed by atoms with Crippen molar-refractivity contribution in [2.24, 2.45) is 5.92 Å². The fraction of sp³-hybridized carbons (Fsp3) is 1.00. The summed E-state index contributed by atoms with van der Waals surface area (Å²) in [5.74, 6) is -2.24. The lowest BCUT2D eigenvalue weighted by Crippen LogP contribution is -2.38. The van der Waals surface area contributed by atoms with Crippen molar-refractivity contribution in [1.29, 1.82) is 0 Å². The van der Waals surface area contributed by atoms with Gasteiger partial charge in [0.05, 0.1) is 6.61 Å². The zero-order chi connectivity index (χ0) is 8.91. The van der Waals surface area contributed by atoms with Gasteiger partial charge in [0, 0.05) is 5.92 Å². The van der Waals surface area contributed by atoms with E-state index in [1.165, 1.54) is 0 Å². The molecule has 68 valence electrons. The number of ether oxygens (including phenoxy) is 1. The van der Waals surface area contributed by atoms with Crippen molar-refractivity contribution < 1.29 is 14.9 Å². The lowest BCUT2D eigenvalue weighted by atomic mass is 10.2. The van der Waals surface area contributed by atoms with Gasteiger partial charge in [-0.05, 0) is 6.42 Å². The Balaban J connectivity index is 3.55. The molecule has 0 aliphatic rings. The summed E-state index contributed by atoms with van der Waals surface area (Å²) in [5.41, 5.74) is 0. The Morgan fingerprint density at radius 2 is 1.91 bits per heavy atom. The van der Waals surface area contributed by atoms with E-state index in [2.05, 4.69) is 0 Å². The number of unbranched alkanes of at least 4 members (excludes halogenated alkanes) is 1. The van der Waals surface area contributed by atoms with E-state index in [9.17, 15) is 0 Å². The maximum atomic E-state index is 9.15. The third-order valence-corrected chi connectivity index (χ3v) is 1.56. The number of hydrogen-bond donors (Lipinski definition) is 2. The molecule has 0 saturated heterocycles. The second-order valence-corrected chi connectivity index (χ2v) is 3.02. The van der Waals surface area contributed by atoms with Crippen LogP contribution >= 0.6 is 0 Å². The molecule has 0 fully saturated rings. The zero-order valence-corrected chi connectivity index (χ0v) is 7.50. The van der Waals surface area contributed by atoms with E-state index < -0.39 is 5.97 Å². The quantitative estimate of drug-likeness (QED) is 0.470. The smallest absolute Gasteiger partial charge is 0.280 e. The van der Waals surface area contributed by atoms with Gasteiger partial charge in [0.15, 0.2) is 0 Å². The van der Waals surface area contributed by atoms with Crippen molar-refractivity contribution >= 4 is 0 Å². The van der Waals surface area contributed by atoms with Gasteiger partial charge in [-0.3, -0.25) is 0 Å². The lowest BCUT2D eigenvalue weighted by molar-refractivity contribution is -0.360. The molecule has 3 nitrogen and oxygen atoms in total. The summed E-state index contributed by atoms with van der Waals surface area (Å²) in [7, 11) is 0. The monoisotopic (exact) mass is 162 g/mol. The van der Waals surface area contributed by atoms with E-state index >= 15 is 0 Å². The van der Waals surface area contributed by atoms with Crippen LogP contribution in [0.1, 0.15) is 33.6 Å². The molecule has 0 amide bonds. The number of aliphatic hydroxyl groups is 2. The Hall–Kier alpha value is -0.120. The summed E-state index contributed by atoms with van der Waals surface area (Å²) in [5, 5.41) is 18.3. The predicted octanol–water partition coefficient (Wildman–Crippen LogP) is 1.10. The summed E-state index contributed by atoms with van der Waals surface area (Å²) in [6.07, 6.45) is 1.85. The Kier molecular flexibility index (Phi) is 4.65. The van der Waals surface area contributed by atoms with Gasteiger partial charge in [0.1, 0.15) is 0 Å². The van der Waals surface area contributed by atoms with Gasteiger partial charge in [-0.1, -0.05) is 27.2 Å². The van der Waals surface area contributed by atoms with Crippen LogP contribution in [0.3, 0.4) is 0 Å². The molecule has 0 unspecified atom stereocenters. The largest absolute Gasteiger partial charge is 0.343 e. The van der Waals surface area contributed by atoms with Crippen LogP contribution in [-0.2, 0) is 4.74 Å². The van der Waals surface area contributed by atoms with Crippen molar-refractivity contribution in [2.75, 3.05) is 6.61 Å². The van der Waals surface area contributed by atoms with E-state index in [4.69, 9.17) is 14.9 Å². The minimum absolute atomic E-state index is 0.292. The molecule has 0 radical (unpaired) electrons. The molecule has 0 aromatic carbocycles. The van der Waals surface area contributed by atoms with E-state index in [1.54, 1.807) is 13.8 Å². The molecule has 0 spiro atoms. The second kappa shape index (κ2) is 4.70. The molecular weight excluding hydrogens is 144 g/mol. The number of hydrogen-bond acceptors (Lipinski definition) is 3. The molecule has 3 heteroatoms. The summed E-state index contributed by atoms with van der Waals surface area (Å²) in [4.78, 5) is 0. The molecule has 0 atom stereocenters. The fourth-order valence-electron chi connectivity index (χ4n) is 0.533. The van der Waals surface area contributed by atoms with Gasteiger partial charge in [-0.25, -0.2) is 0 Å². The molecule has 0 bridgehead atoms. The third kappa shape index (κ3) is 4.35. The minimum Gasteiger partial charge on any atom is -0.343 e. The van der Waals surface area contributed by atoms with Crippen LogP contribution in [0.2, 0.25) is 0 Å². The topological polar surface area (TPSA) is 49.7 Å². The Labute approximate surface area is 68.0 Å². The summed E-state index contributed by atoms with van der Waals surface area (Å²) in [6, 6.07) is 0. The highest BCUT2D eigenvalue weighted by molar-refractivity contribution is 4.55. The first-order chi connectivity index (χ1) is 5.00. The van der Waals surface area contributed by atoms with E-state index in [0.717, 1.165) is 12.8 Å². The highest BCUT2D eigenvalue weighted by atomic mass is 16.8. The van der Waals surface area contributed by atoms with Gasteiger partial charge < -0.3 is 14.9 Å². The van der Waals surface area contributed by atoms with E-state index in [1.807, 2.05) is 6.92 Å². The molecule has 0 aliphatic heterocycles. The van der Waals surface area contributed by atoms with Gasteiger partial charge in [-0.2, -0.15) is 0 Å². The van der Waals surface area contributed by atoms with Gasteiger partial charge in [-0.15, -0.1) is 0 Å². The van der Waals surface area contributed by atoms with Crippen LogP contribution in [-0.4, -0.2) is 22.8 Å². The molecule has 0 aliphatic carbocycles. The van der Waals surface area contributed by atoms with Crippen molar-refractivity contribution in [3.8, 4) is 0 Å². The van der Waals surface area contributed by atoms with E-state index in [0.29, 0.717) is 6.61 Å². The van der Waals surface area contributed by atoms with Gasteiger partial charge >= 0.3 is 0 Å². The van der Waals surface area contributed by atoms with Crippen molar-refractivity contribution in [3.63, 3.8) is 0 Å². The Bertz CT molecular complexity index is 99.5. The van der Waals surface area contributed by atoms with Crippen LogP contribution in [0.25, 0.3) is 0 Å². The molecule has 0 aromatic rings. The average Bonchev–Trinajstić information content (AvgIpc) is 1.88. The van der Waals surface area contributed by atoms with Crippen molar-refractivity contribution in [3.05, 3.63) is 0 Å². The molecular formula is C8H18O3. The fourth-order valence-corrected chi connectivity index (χ4v) is 0.533. The van der Waals surface area contributed by atoms with E-state index in [-0.39, 0.29) is 5.92 Å². The summed E-state index contributed by atoms with van der Waals surface area (Å²) < 4.78 is 4.84. The first kappa shape index (κ1) is 10.9. The maximum Gasteiger partial charge on any atom is 0.280 e. The summed E-state index contributed by atoms with van der Waals surface area (Å²) >= 11 is 0. The molecule has 0 saturated carbocycles. The van der Waals surface area contributed by atoms with Crippen LogP contribution in [0.4, 0.5) is 0 Å². The lowest BCUT2D eigenvalue weighted by Gasteiger charge is -2.25. The summed E-state index contributed by atoms with van der Waals surface area (Å²) in [6.45, 7) is 5.83. The zero-order valence-electron chi connectivity index (χ0n) is 7.50. The third-order valence-electron chi connectivity index (χ3n) is 1.56. The minimum atomic E-state index is -1.95. The highest BCUT2D eigenvalue weighted by Crippen LogP contribution is 2.14. The molecule has 0 aromatic heterocycles. The van der Waals surface area contributed by atoms with Crippen LogP contribution in [0, 0.1) is 5.92 Å². The average molecular weight is 162 g/mol. The van der Waals surface area contributed by atoms with Gasteiger partial charge in [0.25, 0.3) is 5.97 Å². The molecule has 2 N–H and O–H groups in total. The normalized spacial score (nSPS) is 12.5. The Morgan fingerprint density at radius 1 is 1.36 bits per heavy atom. The van der Waals surface area contributed by atoms with Crippen LogP contribution in [0.5, 0.6) is 0 Å². The van der Waals surface area contributed by atoms with Gasteiger partial charge in [0.2, 0.25) is 0 Å². The highest BCUT2D eigenvalue weighted by Gasteiger charge is 2.28.